The third kappa shape index (κ3) is 2.16. The number of rotatable bonds is 1. The Hall–Kier alpha value is -0.610. The minimum absolute atomic E-state index is 0.0809. The molecule has 1 aliphatic heterocycles. The van der Waals surface area contributed by atoms with Crippen LogP contribution in [0.4, 0.5) is 0 Å². The Kier molecular flexibility index (Phi) is 3.26. The molecule has 1 amide bonds. The van der Waals surface area contributed by atoms with Crippen LogP contribution in [0.3, 0.4) is 0 Å². The van der Waals surface area contributed by atoms with E-state index in [-0.39, 0.29) is 11.9 Å². The number of carbonyl (C=O) groups excluding carboxylic acids is 1. The Bertz CT molecular complexity index is 243. The highest BCUT2D eigenvalue weighted by molar-refractivity contribution is 5.81. The minimum Gasteiger partial charge on any atom is -0.379 e. The highest BCUT2D eigenvalue weighted by Gasteiger charge is 2.36. The van der Waals surface area contributed by atoms with Crippen molar-refractivity contribution in [3.05, 3.63) is 0 Å². The molecule has 0 unspecified atom stereocenters. The van der Waals surface area contributed by atoms with Gasteiger partial charge in [0.2, 0.25) is 5.91 Å². The van der Waals surface area contributed by atoms with Crippen LogP contribution in [-0.2, 0) is 9.53 Å². The van der Waals surface area contributed by atoms with Crippen LogP contribution < -0.4 is 5.73 Å². The summed E-state index contributed by atoms with van der Waals surface area (Å²) in [5, 5.41) is 0. The molecule has 2 rings (SSSR count). The standard InChI is InChI=1S/C11H20N2O2/c1-8(12)11(14)13-5-6-15-7-9-3-2-4-10(9)13/h8-10H,2-7,12H2,1H3/t8-,9+,10-/m0/s1. The lowest BCUT2D eigenvalue weighted by Crippen LogP contribution is -2.49. The van der Waals surface area contributed by atoms with Crippen molar-refractivity contribution in [2.24, 2.45) is 11.7 Å². The first kappa shape index (κ1) is 10.9. The molecule has 1 heterocycles. The molecule has 86 valence electrons. The smallest absolute Gasteiger partial charge is 0.239 e. The van der Waals surface area contributed by atoms with Gasteiger partial charge in [0.1, 0.15) is 0 Å². The zero-order valence-electron chi connectivity index (χ0n) is 9.32. The molecule has 15 heavy (non-hydrogen) atoms. The van der Waals surface area contributed by atoms with Gasteiger partial charge in [-0.3, -0.25) is 4.79 Å². The second-order valence-corrected chi connectivity index (χ2v) is 4.65. The zero-order chi connectivity index (χ0) is 10.8. The van der Waals surface area contributed by atoms with Crippen LogP contribution in [0.25, 0.3) is 0 Å². The maximum Gasteiger partial charge on any atom is 0.239 e. The van der Waals surface area contributed by atoms with E-state index in [1.165, 1.54) is 12.8 Å². The van der Waals surface area contributed by atoms with E-state index in [0.717, 1.165) is 13.0 Å². The molecular weight excluding hydrogens is 192 g/mol. The highest BCUT2D eigenvalue weighted by Crippen LogP contribution is 2.31. The van der Waals surface area contributed by atoms with E-state index in [0.29, 0.717) is 25.1 Å². The fourth-order valence-electron chi connectivity index (χ4n) is 2.72. The van der Waals surface area contributed by atoms with Crippen LogP contribution in [0.2, 0.25) is 0 Å². The van der Waals surface area contributed by atoms with Gasteiger partial charge in [0.15, 0.2) is 0 Å². The van der Waals surface area contributed by atoms with E-state index in [1.54, 1.807) is 6.92 Å². The minimum atomic E-state index is -0.385. The average molecular weight is 212 g/mol. The lowest BCUT2D eigenvalue weighted by molar-refractivity contribution is -0.134. The van der Waals surface area contributed by atoms with Gasteiger partial charge in [0.05, 0.1) is 19.3 Å². The molecule has 0 bridgehead atoms. The third-order valence-corrected chi connectivity index (χ3v) is 3.50. The van der Waals surface area contributed by atoms with Gasteiger partial charge in [-0.05, 0) is 19.8 Å². The average Bonchev–Trinajstić information content (AvgIpc) is 2.57. The fraction of sp³-hybridized carbons (Fsp3) is 0.909. The van der Waals surface area contributed by atoms with Gasteiger partial charge in [-0.2, -0.15) is 0 Å². The predicted molar refractivity (Wildman–Crippen MR) is 57.3 cm³/mol. The summed E-state index contributed by atoms with van der Waals surface area (Å²) >= 11 is 0. The van der Waals surface area contributed by atoms with Crippen molar-refractivity contribution in [1.29, 1.82) is 0 Å². The molecule has 2 N–H and O–H groups in total. The Morgan fingerprint density at radius 3 is 3.07 bits per heavy atom. The van der Waals surface area contributed by atoms with Crippen molar-refractivity contribution in [3.63, 3.8) is 0 Å². The van der Waals surface area contributed by atoms with Crippen LogP contribution in [0.1, 0.15) is 26.2 Å². The van der Waals surface area contributed by atoms with Crippen LogP contribution in [0.5, 0.6) is 0 Å². The maximum absolute atomic E-state index is 11.9. The number of ether oxygens (including phenoxy) is 1. The molecule has 0 aromatic carbocycles. The first-order chi connectivity index (χ1) is 7.20. The molecular formula is C11H20N2O2. The molecule has 0 radical (unpaired) electrons. The molecule has 0 aromatic rings. The molecule has 2 fully saturated rings. The summed E-state index contributed by atoms with van der Waals surface area (Å²) in [4.78, 5) is 13.9. The lowest BCUT2D eigenvalue weighted by atomic mass is 10.0. The van der Waals surface area contributed by atoms with Crippen molar-refractivity contribution >= 4 is 5.91 Å². The van der Waals surface area contributed by atoms with Gasteiger partial charge in [-0.15, -0.1) is 0 Å². The third-order valence-electron chi connectivity index (χ3n) is 3.50. The summed E-state index contributed by atoms with van der Waals surface area (Å²) in [5.41, 5.74) is 5.67. The summed E-state index contributed by atoms with van der Waals surface area (Å²) in [6.07, 6.45) is 3.52. The van der Waals surface area contributed by atoms with E-state index < -0.39 is 0 Å². The van der Waals surface area contributed by atoms with Crippen LogP contribution in [0, 0.1) is 5.92 Å². The molecule has 1 saturated heterocycles. The number of carbonyl (C=O) groups is 1. The van der Waals surface area contributed by atoms with E-state index in [1.807, 2.05) is 4.90 Å². The van der Waals surface area contributed by atoms with E-state index >= 15 is 0 Å². The molecule has 0 spiro atoms. The topological polar surface area (TPSA) is 55.6 Å². The summed E-state index contributed by atoms with van der Waals surface area (Å²) in [7, 11) is 0. The largest absolute Gasteiger partial charge is 0.379 e. The molecule has 3 atom stereocenters. The number of fused-ring (bicyclic) bond motifs is 1. The Morgan fingerprint density at radius 1 is 1.53 bits per heavy atom. The van der Waals surface area contributed by atoms with E-state index in [9.17, 15) is 4.79 Å². The van der Waals surface area contributed by atoms with Gasteiger partial charge >= 0.3 is 0 Å². The molecule has 4 heteroatoms. The lowest BCUT2D eigenvalue weighted by Gasteiger charge is -2.31. The SMILES string of the molecule is C[C@H](N)C(=O)N1CCOC[C@H]2CCC[C@@H]21. The number of hydrogen-bond donors (Lipinski definition) is 1. The monoisotopic (exact) mass is 212 g/mol. The number of amides is 1. The summed E-state index contributed by atoms with van der Waals surface area (Å²) in [5.74, 6) is 0.618. The second kappa shape index (κ2) is 4.49. The fourth-order valence-corrected chi connectivity index (χ4v) is 2.72. The highest BCUT2D eigenvalue weighted by atomic mass is 16.5. The van der Waals surface area contributed by atoms with Crippen molar-refractivity contribution in [2.45, 2.75) is 38.3 Å². The first-order valence-corrected chi connectivity index (χ1v) is 5.84. The van der Waals surface area contributed by atoms with Gasteiger partial charge in [0.25, 0.3) is 0 Å². The van der Waals surface area contributed by atoms with Gasteiger partial charge in [-0.1, -0.05) is 6.42 Å². The number of nitrogens with two attached hydrogens (primary N) is 1. The maximum atomic E-state index is 11.9. The Morgan fingerprint density at radius 2 is 2.33 bits per heavy atom. The van der Waals surface area contributed by atoms with Crippen LogP contribution in [0.15, 0.2) is 0 Å². The van der Waals surface area contributed by atoms with Crippen molar-refractivity contribution < 1.29 is 9.53 Å². The van der Waals surface area contributed by atoms with Crippen LogP contribution in [-0.4, -0.2) is 42.6 Å². The zero-order valence-corrected chi connectivity index (χ0v) is 9.32. The first-order valence-electron chi connectivity index (χ1n) is 5.84. The summed E-state index contributed by atoms with van der Waals surface area (Å²) < 4.78 is 5.53. The summed E-state index contributed by atoms with van der Waals surface area (Å²) in [6, 6.07) is -0.00431. The van der Waals surface area contributed by atoms with E-state index in [2.05, 4.69) is 0 Å². The molecule has 4 nitrogen and oxygen atoms in total. The second-order valence-electron chi connectivity index (χ2n) is 4.65. The number of hydrogen-bond acceptors (Lipinski definition) is 3. The van der Waals surface area contributed by atoms with Gasteiger partial charge in [0, 0.05) is 18.5 Å². The van der Waals surface area contributed by atoms with Crippen LogP contribution >= 0.6 is 0 Å². The van der Waals surface area contributed by atoms with E-state index in [4.69, 9.17) is 10.5 Å². The molecule has 2 aliphatic rings. The normalized spacial score (nSPS) is 33.3. The predicted octanol–water partition coefficient (Wildman–Crippen LogP) is 0.361. The molecule has 1 saturated carbocycles. The van der Waals surface area contributed by atoms with Gasteiger partial charge in [-0.25, -0.2) is 0 Å². The van der Waals surface area contributed by atoms with Crippen molar-refractivity contribution in [3.8, 4) is 0 Å². The quantitative estimate of drug-likeness (QED) is 0.683. The molecule has 1 aliphatic carbocycles. The van der Waals surface area contributed by atoms with Crippen molar-refractivity contribution in [2.75, 3.05) is 19.8 Å². The summed E-state index contributed by atoms with van der Waals surface area (Å²) in [6.45, 7) is 3.94. The Balaban J connectivity index is 2.10. The van der Waals surface area contributed by atoms with Crippen molar-refractivity contribution in [1.82, 2.24) is 4.90 Å². The number of nitrogens with zero attached hydrogens (tertiary/aromatic N) is 1. The van der Waals surface area contributed by atoms with Gasteiger partial charge < -0.3 is 15.4 Å². The Labute approximate surface area is 90.8 Å². The molecule has 0 aromatic heterocycles.